The maximum atomic E-state index is 11.7. The van der Waals surface area contributed by atoms with Crippen LogP contribution in [-0.2, 0) is 4.74 Å². The summed E-state index contributed by atoms with van der Waals surface area (Å²) in [7, 11) is 1.70. The van der Waals surface area contributed by atoms with E-state index in [0.717, 1.165) is 25.9 Å². The van der Waals surface area contributed by atoms with Crippen LogP contribution < -0.4 is 10.6 Å². The minimum absolute atomic E-state index is 0.101. The molecule has 1 saturated carbocycles. The van der Waals surface area contributed by atoms with Gasteiger partial charge in [0.2, 0.25) is 0 Å². The Morgan fingerprint density at radius 1 is 1.42 bits per heavy atom. The smallest absolute Gasteiger partial charge is 0.314 e. The highest BCUT2D eigenvalue weighted by atomic mass is 16.5. The van der Waals surface area contributed by atoms with E-state index in [1.165, 1.54) is 0 Å². The number of hydrogen-bond donors (Lipinski definition) is 3. The lowest BCUT2D eigenvalue weighted by Crippen LogP contribution is -2.48. The molecule has 0 aromatic heterocycles. The van der Waals surface area contributed by atoms with E-state index in [1.807, 2.05) is 13.8 Å². The number of amides is 2. The van der Waals surface area contributed by atoms with Crippen molar-refractivity contribution in [2.45, 2.75) is 45.6 Å². The predicted molar refractivity (Wildman–Crippen MR) is 75.0 cm³/mol. The molecule has 0 radical (unpaired) electrons. The van der Waals surface area contributed by atoms with Gasteiger partial charge in [0.15, 0.2) is 0 Å². The van der Waals surface area contributed by atoms with E-state index in [0.29, 0.717) is 6.54 Å². The van der Waals surface area contributed by atoms with Crippen LogP contribution in [-0.4, -0.2) is 43.5 Å². The molecule has 0 bridgehead atoms. The number of nitrogens with one attached hydrogen (secondary N) is 2. The first-order valence-corrected chi connectivity index (χ1v) is 7.04. The van der Waals surface area contributed by atoms with E-state index in [-0.39, 0.29) is 23.9 Å². The first-order chi connectivity index (χ1) is 8.81. The molecule has 2 amide bonds. The summed E-state index contributed by atoms with van der Waals surface area (Å²) in [6.07, 6.45) is 3.30. The molecule has 19 heavy (non-hydrogen) atoms. The third-order valence-corrected chi connectivity index (χ3v) is 4.27. The van der Waals surface area contributed by atoms with Crippen molar-refractivity contribution in [1.82, 2.24) is 10.6 Å². The van der Waals surface area contributed by atoms with Crippen molar-refractivity contribution in [3.63, 3.8) is 0 Å². The molecule has 5 nitrogen and oxygen atoms in total. The second kappa shape index (κ2) is 6.57. The number of carbonyl (C=O) groups is 1. The molecule has 1 rings (SSSR count). The second-order valence-electron chi connectivity index (χ2n) is 6.29. The fourth-order valence-corrected chi connectivity index (χ4v) is 1.80. The minimum Gasteiger partial charge on any atom is -0.388 e. The molecular formula is C14H28N2O3. The van der Waals surface area contributed by atoms with Crippen molar-refractivity contribution in [3.05, 3.63) is 0 Å². The number of aliphatic hydroxyl groups is 1. The molecule has 0 heterocycles. The summed E-state index contributed by atoms with van der Waals surface area (Å²) in [6, 6.07) is -0.204. The van der Waals surface area contributed by atoms with Gasteiger partial charge < -0.3 is 20.5 Å². The van der Waals surface area contributed by atoms with E-state index in [2.05, 4.69) is 10.6 Å². The molecule has 1 fully saturated rings. The van der Waals surface area contributed by atoms with Crippen molar-refractivity contribution in [3.8, 4) is 0 Å². The molecule has 5 heteroatoms. The van der Waals surface area contributed by atoms with Crippen molar-refractivity contribution in [2.24, 2.45) is 11.3 Å². The summed E-state index contributed by atoms with van der Waals surface area (Å²) < 4.78 is 5.08. The first kappa shape index (κ1) is 16.2. The van der Waals surface area contributed by atoms with Gasteiger partial charge in [0.25, 0.3) is 0 Å². The zero-order valence-corrected chi connectivity index (χ0v) is 12.6. The lowest BCUT2D eigenvalue weighted by molar-refractivity contribution is 0.0166. The predicted octanol–water partition coefficient (Wildman–Crippen LogP) is 1.51. The second-order valence-corrected chi connectivity index (χ2v) is 6.29. The van der Waals surface area contributed by atoms with E-state index in [1.54, 1.807) is 14.0 Å². The van der Waals surface area contributed by atoms with Crippen LogP contribution in [0.15, 0.2) is 0 Å². The van der Waals surface area contributed by atoms with Crippen molar-refractivity contribution >= 4 is 6.03 Å². The van der Waals surface area contributed by atoms with Gasteiger partial charge in [0, 0.05) is 26.8 Å². The first-order valence-electron chi connectivity index (χ1n) is 7.04. The normalized spacial score (nSPS) is 19.9. The van der Waals surface area contributed by atoms with Crippen LogP contribution in [0.4, 0.5) is 4.79 Å². The molecule has 1 aliphatic rings. The van der Waals surface area contributed by atoms with Crippen LogP contribution in [0.5, 0.6) is 0 Å². The topological polar surface area (TPSA) is 70.6 Å². The molecule has 1 atom stereocenters. The quantitative estimate of drug-likeness (QED) is 0.627. The van der Waals surface area contributed by atoms with E-state index < -0.39 is 5.60 Å². The fraction of sp³-hybridized carbons (Fsp3) is 0.929. The third kappa shape index (κ3) is 5.37. The van der Waals surface area contributed by atoms with E-state index in [4.69, 9.17) is 4.74 Å². The Kier molecular flexibility index (Phi) is 5.62. The lowest BCUT2D eigenvalue weighted by atomic mass is 9.93. The van der Waals surface area contributed by atoms with Crippen molar-refractivity contribution in [1.29, 1.82) is 0 Å². The van der Waals surface area contributed by atoms with Gasteiger partial charge in [-0.15, -0.1) is 0 Å². The maximum Gasteiger partial charge on any atom is 0.314 e. The van der Waals surface area contributed by atoms with Crippen molar-refractivity contribution < 1.29 is 14.6 Å². The summed E-state index contributed by atoms with van der Waals surface area (Å²) in [5, 5.41) is 15.7. The van der Waals surface area contributed by atoms with E-state index >= 15 is 0 Å². The standard InChI is InChI=1S/C14H28N2O3/c1-11(2)13(3,18)9-15-12(17)16-10-14(5-6-14)7-8-19-4/h11,18H,5-10H2,1-4H3,(H2,15,16,17). The van der Waals surface area contributed by atoms with Gasteiger partial charge in [-0.25, -0.2) is 4.79 Å². The third-order valence-electron chi connectivity index (χ3n) is 4.27. The van der Waals surface area contributed by atoms with Crippen LogP contribution in [0.25, 0.3) is 0 Å². The average molecular weight is 272 g/mol. The molecule has 0 spiro atoms. The van der Waals surface area contributed by atoms with Gasteiger partial charge in [0.1, 0.15) is 0 Å². The van der Waals surface area contributed by atoms with Gasteiger partial charge in [-0.05, 0) is 37.5 Å². The van der Waals surface area contributed by atoms with Crippen LogP contribution in [0, 0.1) is 11.3 Å². The summed E-state index contributed by atoms with van der Waals surface area (Å²) in [6.45, 7) is 7.30. The van der Waals surface area contributed by atoms with Crippen LogP contribution in [0.3, 0.4) is 0 Å². The molecule has 3 N–H and O–H groups in total. The maximum absolute atomic E-state index is 11.7. The van der Waals surface area contributed by atoms with Gasteiger partial charge >= 0.3 is 6.03 Å². The summed E-state index contributed by atoms with van der Waals surface area (Å²) >= 11 is 0. The van der Waals surface area contributed by atoms with E-state index in [9.17, 15) is 9.90 Å². The number of rotatable bonds is 8. The van der Waals surface area contributed by atoms with Crippen LogP contribution in [0.2, 0.25) is 0 Å². The fourth-order valence-electron chi connectivity index (χ4n) is 1.80. The molecule has 1 unspecified atom stereocenters. The lowest BCUT2D eigenvalue weighted by Gasteiger charge is -2.28. The Morgan fingerprint density at radius 3 is 2.53 bits per heavy atom. The van der Waals surface area contributed by atoms with Gasteiger partial charge in [-0.3, -0.25) is 0 Å². The van der Waals surface area contributed by atoms with Crippen LogP contribution >= 0.6 is 0 Å². The summed E-state index contributed by atoms with van der Waals surface area (Å²) in [4.78, 5) is 11.7. The highest BCUT2D eigenvalue weighted by molar-refractivity contribution is 5.74. The molecule has 112 valence electrons. The number of carbonyl (C=O) groups excluding carboxylic acids is 1. The summed E-state index contributed by atoms with van der Waals surface area (Å²) in [5.74, 6) is 0.101. The van der Waals surface area contributed by atoms with Gasteiger partial charge in [-0.1, -0.05) is 13.8 Å². The van der Waals surface area contributed by atoms with Crippen LogP contribution in [0.1, 0.15) is 40.0 Å². The minimum atomic E-state index is -0.870. The zero-order chi connectivity index (χ0) is 14.5. The highest BCUT2D eigenvalue weighted by Crippen LogP contribution is 2.48. The average Bonchev–Trinajstić information content (AvgIpc) is 3.12. The molecular weight excluding hydrogens is 244 g/mol. The Hall–Kier alpha value is -0.810. The number of hydrogen-bond acceptors (Lipinski definition) is 3. The summed E-state index contributed by atoms with van der Waals surface area (Å²) in [5.41, 5.74) is -0.626. The Bertz CT molecular complexity index is 299. The molecule has 0 aromatic carbocycles. The Labute approximate surface area is 116 Å². The van der Waals surface area contributed by atoms with Gasteiger partial charge in [-0.2, -0.15) is 0 Å². The number of urea groups is 1. The SMILES string of the molecule is COCCC1(CNC(=O)NCC(C)(O)C(C)C)CC1. The van der Waals surface area contributed by atoms with Crippen molar-refractivity contribution in [2.75, 3.05) is 26.8 Å². The molecule has 0 aliphatic heterocycles. The van der Waals surface area contributed by atoms with Gasteiger partial charge in [0.05, 0.1) is 5.60 Å². The largest absolute Gasteiger partial charge is 0.388 e. The monoisotopic (exact) mass is 272 g/mol. The highest BCUT2D eigenvalue weighted by Gasteiger charge is 2.42. The Balaban J connectivity index is 2.22. The molecule has 0 aromatic rings. The molecule has 1 aliphatic carbocycles. The Morgan fingerprint density at radius 2 is 2.05 bits per heavy atom. The zero-order valence-electron chi connectivity index (χ0n) is 12.6. The number of methoxy groups -OCH3 is 1. The number of ether oxygens (including phenoxy) is 1. The molecule has 0 saturated heterocycles.